The van der Waals surface area contributed by atoms with Crippen LogP contribution in [-0.4, -0.2) is 23.7 Å². The molecule has 0 amide bonds. The summed E-state index contributed by atoms with van der Waals surface area (Å²) in [6.07, 6.45) is 7.53. The van der Waals surface area contributed by atoms with Gasteiger partial charge in [0.1, 0.15) is 0 Å². The second-order valence-electron chi connectivity index (χ2n) is 15.9. The van der Waals surface area contributed by atoms with Crippen molar-refractivity contribution in [3.63, 3.8) is 0 Å². The highest BCUT2D eigenvalue weighted by molar-refractivity contribution is 6.29. The van der Waals surface area contributed by atoms with Gasteiger partial charge < -0.3 is 13.7 Å². The smallest absolute Gasteiger partial charge is 0.0547 e. The highest BCUT2D eigenvalue weighted by Crippen LogP contribution is 2.44. The Labute approximate surface area is 350 Å². The summed E-state index contributed by atoms with van der Waals surface area (Å²) in [4.78, 5) is 8.95. The first-order chi connectivity index (χ1) is 30.3. The average molecular weight is 778 g/mol. The molecule has 0 saturated carbocycles. The van der Waals surface area contributed by atoms with Crippen molar-refractivity contribution in [2.24, 2.45) is 0 Å². The molecule has 13 rings (SSSR count). The molecule has 0 spiro atoms. The quantitative estimate of drug-likeness (QED) is 0.175. The molecule has 5 heteroatoms. The highest BCUT2D eigenvalue weighted by Gasteiger charge is 2.21. The Morgan fingerprint density at radius 3 is 1.31 bits per heavy atom. The Balaban J connectivity index is 1.06. The number of aromatic nitrogens is 5. The van der Waals surface area contributed by atoms with Gasteiger partial charge in [-0.3, -0.25) is 9.97 Å². The topological polar surface area (TPSA) is 40.6 Å². The zero-order valence-corrected chi connectivity index (χ0v) is 32.9. The van der Waals surface area contributed by atoms with E-state index in [2.05, 4.69) is 200 Å². The number of rotatable bonds is 5. The van der Waals surface area contributed by atoms with Crippen LogP contribution in [0, 0.1) is 0 Å². The van der Waals surface area contributed by atoms with Gasteiger partial charge in [0.2, 0.25) is 0 Å². The van der Waals surface area contributed by atoms with Crippen molar-refractivity contribution in [3.8, 4) is 39.3 Å². The second kappa shape index (κ2) is 13.1. The Morgan fingerprint density at radius 1 is 0.262 bits per heavy atom. The molecule has 0 aliphatic rings. The summed E-state index contributed by atoms with van der Waals surface area (Å²) in [5.41, 5.74) is 14.8. The van der Waals surface area contributed by atoms with E-state index in [0.717, 1.165) is 50.3 Å². The summed E-state index contributed by atoms with van der Waals surface area (Å²) in [5, 5.41) is 9.92. The van der Waals surface area contributed by atoms with E-state index in [9.17, 15) is 0 Å². The van der Waals surface area contributed by atoms with Gasteiger partial charge in [-0.1, -0.05) is 97.1 Å². The molecule has 5 heterocycles. The molecule has 0 unspecified atom stereocenters. The van der Waals surface area contributed by atoms with Crippen LogP contribution < -0.4 is 0 Å². The van der Waals surface area contributed by atoms with Gasteiger partial charge in [0.05, 0.1) is 33.1 Å². The molecule has 61 heavy (non-hydrogen) atoms. The normalized spacial score (nSPS) is 11.9. The largest absolute Gasteiger partial charge is 0.309 e. The van der Waals surface area contributed by atoms with Crippen molar-refractivity contribution in [1.29, 1.82) is 0 Å². The van der Waals surface area contributed by atoms with E-state index in [1.165, 1.54) is 65.2 Å². The number of fused-ring (bicyclic) bond motifs is 12. The van der Waals surface area contributed by atoms with Crippen molar-refractivity contribution in [2.75, 3.05) is 0 Å². The standard InChI is InChI=1S/C56H35N5/c1-2-14-40(15-3-1)59-49-19-7-4-16-43(49)48-33-41(22-25-52(48)59)60-50-20-8-5-17-46(50)55-44-24-27-54-56(45(44)23-26-53(55)60)47-18-6-9-21-51(47)61(54)42-31-38(36-12-10-28-57-34-36)30-39(32-42)37-13-11-29-58-35-37/h1-35H. The third kappa shape index (κ3) is 5.01. The lowest BCUT2D eigenvalue weighted by atomic mass is 9.99. The second-order valence-corrected chi connectivity index (χ2v) is 15.9. The van der Waals surface area contributed by atoms with Gasteiger partial charge >= 0.3 is 0 Å². The van der Waals surface area contributed by atoms with Crippen LogP contribution in [0.4, 0.5) is 0 Å². The Morgan fingerprint density at radius 2 is 0.738 bits per heavy atom. The first kappa shape index (κ1) is 33.7. The molecule has 0 bridgehead atoms. The van der Waals surface area contributed by atoms with Crippen LogP contribution in [-0.2, 0) is 0 Å². The number of para-hydroxylation sites is 4. The Bertz CT molecular complexity index is 3800. The summed E-state index contributed by atoms with van der Waals surface area (Å²) in [6.45, 7) is 0. The number of benzene rings is 8. The van der Waals surface area contributed by atoms with Gasteiger partial charge in [-0.05, 0) is 113 Å². The lowest BCUT2D eigenvalue weighted by Gasteiger charge is -2.14. The van der Waals surface area contributed by atoms with Crippen molar-refractivity contribution < 1.29 is 0 Å². The minimum absolute atomic E-state index is 1.07. The monoisotopic (exact) mass is 777 g/mol. The molecular weight excluding hydrogens is 743 g/mol. The summed E-state index contributed by atoms with van der Waals surface area (Å²) in [6, 6.07) is 68.5. The third-order valence-electron chi connectivity index (χ3n) is 12.6. The van der Waals surface area contributed by atoms with E-state index in [1.807, 2.05) is 36.9 Å². The molecule has 13 aromatic rings. The third-order valence-corrected chi connectivity index (χ3v) is 12.6. The van der Waals surface area contributed by atoms with Gasteiger partial charge in [0.15, 0.2) is 0 Å². The molecule has 0 aliphatic heterocycles. The van der Waals surface area contributed by atoms with Crippen LogP contribution >= 0.6 is 0 Å². The zero-order valence-electron chi connectivity index (χ0n) is 32.9. The molecule has 0 fully saturated rings. The maximum absolute atomic E-state index is 4.47. The first-order valence-electron chi connectivity index (χ1n) is 20.7. The zero-order chi connectivity index (χ0) is 40.0. The van der Waals surface area contributed by atoms with Crippen LogP contribution in [0.2, 0.25) is 0 Å². The highest BCUT2D eigenvalue weighted by atomic mass is 15.0. The summed E-state index contributed by atoms with van der Waals surface area (Å²) in [5.74, 6) is 0. The van der Waals surface area contributed by atoms with Crippen LogP contribution in [0.1, 0.15) is 0 Å². The fourth-order valence-electron chi connectivity index (χ4n) is 9.99. The Kier molecular flexibility index (Phi) is 7.24. The summed E-state index contributed by atoms with van der Waals surface area (Å²) in [7, 11) is 0. The lowest BCUT2D eigenvalue weighted by molar-refractivity contribution is 1.17. The molecule has 8 aromatic carbocycles. The number of hydrogen-bond acceptors (Lipinski definition) is 2. The predicted octanol–water partition coefficient (Wildman–Crippen LogP) is 14.3. The molecule has 284 valence electrons. The maximum atomic E-state index is 4.47. The van der Waals surface area contributed by atoms with E-state index in [0.29, 0.717) is 0 Å². The predicted molar refractivity (Wildman–Crippen MR) is 253 cm³/mol. The van der Waals surface area contributed by atoms with Crippen LogP contribution in [0.5, 0.6) is 0 Å². The van der Waals surface area contributed by atoms with Crippen LogP contribution in [0.15, 0.2) is 213 Å². The SMILES string of the molecule is c1ccc(-n2c3ccccc3c3cc(-n4c5ccccc5c5c6ccc7c(c6ccc54)c4ccccc4n7-c4cc(-c5cccnc5)cc(-c5cccnc5)c4)ccc32)cc1. The number of nitrogens with zero attached hydrogens (tertiary/aromatic N) is 5. The molecule has 0 atom stereocenters. The van der Waals surface area contributed by atoms with Crippen molar-refractivity contribution in [1.82, 2.24) is 23.7 Å². The number of hydrogen-bond donors (Lipinski definition) is 0. The first-order valence-corrected chi connectivity index (χ1v) is 20.7. The van der Waals surface area contributed by atoms with Crippen molar-refractivity contribution >= 4 is 76.2 Å². The van der Waals surface area contributed by atoms with E-state index in [-0.39, 0.29) is 0 Å². The van der Waals surface area contributed by atoms with Gasteiger partial charge in [0, 0.05) is 85.3 Å². The van der Waals surface area contributed by atoms with E-state index in [4.69, 9.17) is 0 Å². The molecular formula is C56H35N5. The van der Waals surface area contributed by atoms with E-state index < -0.39 is 0 Å². The summed E-state index contributed by atoms with van der Waals surface area (Å²) >= 11 is 0. The lowest BCUT2D eigenvalue weighted by Crippen LogP contribution is -1.96. The number of pyridine rings is 2. The fourth-order valence-corrected chi connectivity index (χ4v) is 9.99. The van der Waals surface area contributed by atoms with Gasteiger partial charge in [-0.2, -0.15) is 0 Å². The molecule has 0 aliphatic carbocycles. The minimum atomic E-state index is 1.07. The van der Waals surface area contributed by atoms with Crippen molar-refractivity contribution in [3.05, 3.63) is 213 Å². The van der Waals surface area contributed by atoms with Crippen LogP contribution in [0.3, 0.4) is 0 Å². The van der Waals surface area contributed by atoms with E-state index in [1.54, 1.807) is 0 Å². The molecule has 0 radical (unpaired) electrons. The van der Waals surface area contributed by atoms with Gasteiger partial charge in [-0.15, -0.1) is 0 Å². The molecule has 0 N–H and O–H groups in total. The molecule has 5 nitrogen and oxygen atoms in total. The van der Waals surface area contributed by atoms with E-state index >= 15 is 0 Å². The Hall–Kier alpha value is -8.28. The van der Waals surface area contributed by atoms with Crippen LogP contribution in [0.25, 0.3) is 116 Å². The maximum Gasteiger partial charge on any atom is 0.0547 e. The van der Waals surface area contributed by atoms with Gasteiger partial charge in [0.25, 0.3) is 0 Å². The van der Waals surface area contributed by atoms with Crippen molar-refractivity contribution in [2.45, 2.75) is 0 Å². The fraction of sp³-hybridized carbons (Fsp3) is 0. The summed E-state index contributed by atoms with van der Waals surface area (Å²) < 4.78 is 7.26. The average Bonchev–Trinajstić information content (AvgIpc) is 3.98. The molecule has 0 saturated heterocycles. The van der Waals surface area contributed by atoms with Gasteiger partial charge in [-0.25, -0.2) is 0 Å². The minimum Gasteiger partial charge on any atom is -0.309 e. The molecule has 5 aromatic heterocycles.